The third kappa shape index (κ3) is 4.44. The minimum Gasteiger partial charge on any atom is -0.373 e. The molecule has 8 heteroatoms. The number of aliphatic hydroxyl groups is 1. The van der Waals surface area contributed by atoms with E-state index in [0.717, 1.165) is 34.5 Å². The first-order chi connectivity index (χ1) is 14.7. The van der Waals surface area contributed by atoms with Gasteiger partial charge in [-0.15, -0.1) is 0 Å². The molecule has 2 amide bonds. The normalized spacial score (nSPS) is 17.7. The van der Waals surface area contributed by atoms with Crippen molar-refractivity contribution >= 4 is 11.8 Å². The Morgan fingerprint density at radius 2 is 2.13 bits per heavy atom. The van der Waals surface area contributed by atoms with Crippen LogP contribution in [0, 0.1) is 12.3 Å². The molecule has 4 heterocycles. The molecule has 31 heavy (non-hydrogen) atoms. The SMILES string of the molecule is Cc1nc(NC(=O)N2CCC(C)(C)C2O)ccc1Cc1ccnc(-c2cnn(C)c2)c1. The number of aliphatic hydroxyl groups excluding tert-OH is 1. The van der Waals surface area contributed by atoms with E-state index in [-0.39, 0.29) is 11.4 Å². The highest BCUT2D eigenvalue weighted by Crippen LogP contribution is 2.34. The molecule has 1 aliphatic heterocycles. The maximum Gasteiger partial charge on any atom is 0.325 e. The number of nitrogens with zero attached hydrogens (tertiary/aromatic N) is 5. The summed E-state index contributed by atoms with van der Waals surface area (Å²) >= 11 is 0. The van der Waals surface area contributed by atoms with Crippen LogP contribution in [0.3, 0.4) is 0 Å². The molecule has 1 atom stereocenters. The number of carbonyl (C=O) groups excluding carboxylic acids is 1. The molecule has 1 aliphatic rings. The van der Waals surface area contributed by atoms with E-state index in [1.54, 1.807) is 23.1 Å². The van der Waals surface area contributed by atoms with E-state index >= 15 is 0 Å². The van der Waals surface area contributed by atoms with Crippen LogP contribution in [0.2, 0.25) is 0 Å². The predicted octanol–water partition coefficient (Wildman–Crippen LogP) is 3.36. The highest BCUT2D eigenvalue weighted by atomic mass is 16.3. The number of nitrogens with one attached hydrogen (secondary N) is 1. The van der Waals surface area contributed by atoms with E-state index in [2.05, 4.69) is 26.4 Å². The zero-order valence-electron chi connectivity index (χ0n) is 18.3. The number of pyridine rings is 2. The average molecular weight is 421 g/mol. The molecule has 0 radical (unpaired) electrons. The number of carbonyl (C=O) groups is 1. The summed E-state index contributed by atoms with van der Waals surface area (Å²) in [6.45, 7) is 6.38. The van der Waals surface area contributed by atoms with Gasteiger partial charge in [0.25, 0.3) is 0 Å². The van der Waals surface area contributed by atoms with Crippen molar-refractivity contribution in [1.29, 1.82) is 0 Å². The van der Waals surface area contributed by atoms with Gasteiger partial charge in [-0.05, 0) is 49.1 Å². The largest absolute Gasteiger partial charge is 0.373 e. The van der Waals surface area contributed by atoms with E-state index in [1.807, 2.05) is 46.1 Å². The van der Waals surface area contributed by atoms with Crippen molar-refractivity contribution in [3.05, 3.63) is 59.7 Å². The summed E-state index contributed by atoms with van der Waals surface area (Å²) in [6, 6.07) is 7.51. The van der Waals surface area contributed by atoms with E-state index in [4.69, 9.17) is 0 Å². The van der Waals surface area contributed by atoms with Gasteiger partial charge in [0.05, 0.1) is 11.9 Å². The van der Waals surface area contributed by atoms with Gasteiger partial charge < -0.3 is 5.11 Å². The maximum atomic E-state index is 12.6. The lowest BCUT2D eigenvalue weighted by molar-refractivity contribution is -0.00117. The van der Waals surface area contributed by atoms with Crippen LogP contribution in [0.1, 0.15) is 37.1 Å². The lowest BCUT2D eigenvalue weighted by Gasteiger charge is -2.27. The summed E-state index contributed by atoms with van der Waals surface area (Å²) in [5.74, 6) is 0.480. The van der Waals surface area contributed by atoms with Gasteiger partial charge in [-0.2, -0.15) is 5.10 Å². The first kappa shape index (κ1) is 21.0. The van der Waals surface area contributed by atoms with E-state index < -0.39 is 6.23 Å². The van der Waals surface area contributed by atoms with Crippen LogP contribution < -0.4 is 5.32 Å². The van der Waals surface area contributed by atoms with Gasteiger partial charge in [0.15, 0.2) is 0 Å². The Morgan fingerprint density at radius 3 is 2.77 bits per heavy atom. The van der Waals surface area contributed by atoms with Crippen LogP contribution in [0.25, 0.3) is 11.3 Å². The molecule has 0 aliphatic carbocycles. The lowest BCUT2D eigenvalue weighted by atomic mass is 9.91. The van der Waals surface area contributed by atoms with Crippen molar-refractivity contribution < 1.29 is 9.90 Å². The molecule has 162 valence electrons. The standard InChI is InChI=1S/C23H28N6O2/c1-15-17(11-16-7-9-24-19(12-16)18-13-25-28(4)14-18)5-6-20(26-15)27-22(31)29-10-8-23(2,3)21(29)30/h5-7,9,12-14,21,30H,8,10-11H2,1-4H3,(H,26,27,31). The third-order valence-corrected chi connectivity index (χ3v) is 5.90. The number of likely N-dealkylation sites (tertiary alicyclic amines) is 1. The van der Waals surface area contributed by atoms with E-state index in [0.29, 0.717) is 18.8 Å². The predicted molar refractivity (Wildman–Crippen MR) is 118 cm³/mol. The summed E-state index contributed by atoms with van der Waals surface area (Å²) in [7, 11) is 1.88. The van der Waals surface area contributed by atoms with Crippen LogP contribution in [-0.4, -0.2) is 48.6 Å². The molecule has 8 nitrogen and oxygen atoms in total. The first-order valence-corrected chi connectivity index (χ1v) is 10.4. The second-order valence-electron chi connectivity index (χ2n) is 8.81. The molecule has 3 aromatic rings. The number of urea groups is 1. The lowest BCUT2D eigenvalue weighted by Crippen LogP contribution is -2.42. The van der Waals surface area contributed by atoms with Crippen molar-refractivity contribution in [2.45, 2.75) is 39.8 Å². The Kier molecular flexibility index (Phi) is 5.49. The zero-order chi connectivity index (χ0) is 22.2. The minimum atomic E-state index is -0.798. The molecule has 1 saturated heterocycles. The molecule has 1 fully saturated rings. The number of hydrogen-bond acceptors (Lipinski definition) is 5. The number of amides is 2. The fourth-order valence-electron chi connectivity index (χ4n) is 3.84. The molecular weight excluding hydrogens is 392 g/mol. The van der Waals surface area contributed by atoms with E-state index in [1.165, 1.54) is 4.90 Å². The molecular formula is C23H28N6O2. The topological polar surface area (TPSA) is 96.2 Å². The fraction of sp³-hybridized carbons (Fsp3) is 0.391. The van der Waals surface area contributed by atoms with Crippen LogP contribution in [0.15, 0.2) is 42.9 Å². The van der Waals surface area contributed by atoms with Crippen LogP contribution >= 0.6 is 0 Å². The van der Waals surface area contributed by atoms with Gasteiger partial charge in [-0.25, -0.2) is 9.78 Å². The van der Waals surface area contributed by atoms with Crippen LogP contribution in [-0.2, 0) is 13.5 Å². The molecule has 4 rings (SSSR count). The minimum absolute atomic E-state index is 0.302. The van der Waals surface area contributed by atoms with Crippen LogP contribution in [0.5, 0.6) is 0 Å². The van der Waals surface area contributed by atoms with Crippen molar-refractivity contribution in [3.63, 3.8) is 0 Å². The van der Waals surface area contributed by atoms with Gasteiger partial charge in [0.1, 0.15) is 12.0 Å². The van der Waals surface area contributed by atoms with E-state index in [9.17, 15) is 9.90 Å². The van der Waals surface area contributed by atoms with Crippen LogP contribution in [0.4, 0.5) is 10.6 Å². The number of rotatable bonds is 4. The highest BCUT2D eigenvalue weighted by molar-refractivity contribution is 5.88. The number of hydrogen-bond donors (Lipinski definition) is 2. The highest BCUT2D eigenvalue weighted by Gasteiger charge is 2.41. The van der Waals surface area contributed by atoms with Gasteiger partial charge in [-0.1, -0.05) is 19.9 Å². The first-order valence-electron chi connectivity index (χ1n) is 10.4. The maximum absolute atomic E-state index is 12.6. The Bertz CT molecular complexity index is 1110. The number of aromatic nitrogens is 4. The molecule has 1 unspecified atom stereocenters. The summed E-state index contributed by atoms with van der Waals surface area (Å²) in [5.41, 5.74) is 4.60. The monoisotopic (exact) mass is 420 g/mol. The zero-order valence-corrected chi connectivity index (χ0v) is 18.3. The third-order valence-electron chi connectivity index (χ3n) is 5.90. The van der Waals surface area contributed by atoms with Crippen molar-refractivity contribution in [2.24, 2.45) is 12.5 Å². The number of aryl methyl sites for hydroxylation is 2. The summed E-state index contributed by atoms with van der Waals surface area (Å²) in [6.07, 6.45) is 6.22. The molecule has 3 aromatic heterocycles. The Morgan fingerprint density at radius 1 is 1.32 bits per heavy atom. The fourth-order valence-corrected chi connectivity index (χ4v) is 3.84. The molecule has 2 N–H and O–H groups in total. The summed E-state index contributed by atoms with van der Waals surface area (Å²) < 4.78 is 1.76. The molecule has 0 aromatic carbocycles. The van der Waals surface area contributed by atoms with Gasteiger partial charge in [0.2, 0.25) is 0 Å². The second-order valence-corrected chi connectivity index (χ2v) is 8.81. The summed E-state index contributed by atoms with van der Waals surface area (Å²) in [4.78, 5) is 23.0. The molecule has 0 bridgehead atoms. The molecule has 0 saturated carbocycles. The Hall–Kier alpha value is -3.26. The summed E-state index contributed by atoms with van der Waals surface area (Å²) in [5, 5.41) is 17.4. The Balaban J connectivity index is 1.45. The van der Waals surface area contributed by atoms with Crippen molar-refractivity contribution in [2.75, 3.05) is 11.9 Å². The Labute approximate surface area is 182 Å². The van der Waals surface area contributed by atoms with Gasteiger partial charge in [0, 0.05) is 42.7 Å². The van der Waals surface area contributed by atoms with Crippen molar-refractivity contribution in [3.8, 4) is 11.3 Å². The number of anilines is 1. The van der Waals surface area contributed by atoms with Gasteiger partial charge in [-0.3, -0.25) is 19.9 Å². The smallest absolute Gasteiger partial charge is 0.325 e. The molecule has 0 spiro atoms. The van der Waals surface area contributed by atoms with Gasteiger partial charge >= 0.3 is 6.03 Å². The van der Waals surface area contributed by atoms with Crippen molar-refractivity contribution in [1.82, 2.24) is 24.6 Å². The average Bonchev–Trinajstić information content (AvgIpc) is 3.27. The quantitative estimate of drug-likeness (QED) is 0.675. The second kappa shape index (κ2) is 8.11.